The van der Waals surface area contributed by atoms with Crippen molar-refractivity contribution in [2.24, 2.45) is 5.92 Å². The molecule has 0 bridgehead atoms. The van der Waals surface area contributed by atoms with E-state index in [1.165, 1.54) is 38.2 Å². The lowest BCUT2D eigenvalue weighted by Gasteiger charge is -2.28. The highest BCUT2D eigenvalue weighted by atomic mass is 32.2. The molecule has 0 amide bonds. The molecule has 1 N–H and O–H groups in total. The van der Waals surface area contributed by atoms with Gasteiger partial charge in [-0.1, -0.05) is 44.2 Å². The van der Waals surface area contributed by atoms with Gasteiger partial charge in [-0.3, -0.25) is 9.62 Å². The Balaban J connectivity index is 1.20. The Hall–Kier alpha value is -2.29. The van der Waals surface area contributed by atoms with Crippen molar-refractivity contribution in [3.05, 3.63) is 75.0 Å². The van der Waals surface area contributed by atoms with Crippen LogP contribution in [0.5, 0.6) is 0 Å². The van der Waals surface area contributed by atoms with E-state index in [9.17, 15) is 12.8 Å². The molecule has 0 atom stereocenters. The molecule has 8 heteroatoms. The lowest BCUT2D eigenvalue weighted by atomic mass is 9.98. The number of hydrogen-bond acceptors (Lipinski definition) is 5. The molecule has 1 aromatic heterocycles. The summed E-state index contributed by atoms with van der Waals surface area (Å²) in [5.41, 5.74) is 4.11. The molecule has 0 saturated heterocycles. The fourth-order valence-corrected chi connectivity index (χ4v) is 7.38. The van der Waals surface area contributed by atoms with Crippen molar-refractivity contribution in [3.63, 3.8) is 0 Å². The highest BCUT2D eigenvalue weighted by molar-refractivity contribution is 7.92. The largest absolute Gasteiger partial charge is 0.292 e. The Morgan fingerprint density at radius 3 is 2.72 bits per heavy atom. The van der Waals surface area contributed by atoms with Gasteiger partial charge < -0.3 is 0 Å². The van der Waals surface area contributed by atoms with Crippen LogP contribution < -0.4 is 4.72 Å². The second-order valence-corrected chi connectivity index (χ2v) is 12.9. The fraction of sp³-hybridized carbons (Fsp3) is 0.464. The van der Waals surface area contributed by atoms with Crippen molar-refractivity contribution in [3.8, 4) is 0 Å². The van der Waals surface area contributed by atoms with Crippen molar-refractivity contribution in [1.29, 1.82) is 0 Å². The van der Waals surface area contributed by atoms with Crippen LogP contribution in [0.1, 0.15) is 65.9 Å². The van der Waals surface area contributed by atoms with E-state index < -0.39 is 15.8 Å². The molecule has 5 rings (SSSR count). The summed E-state index contributed by atoms with van der Waals surface area (Å²) in [6, 6.07) is 10.1. The lowest BCUT2D eigenvalue weighted by Crippen LogP contribution is -2.30. The van der Waals surface area contributed by atoms with Crippen LogP contribution in [-0.4, -0.2) is 24.8 Å². The van der Waals surface area contributed by atoms with Gasteiger partial charge in [0.1, 0.15) is 10.8 Å². The van der Waals surface area contributed by atoms with E-state index >= 15 is 0 Å². The predicted molar refractivity (Wildman–Crippen MR) is 143 cm³/mol. The first-order chi connectivity index (χ1) is 17.4. The average molecular weight is 528 g/mol. The van der Waals surface area contributed by atoms with Crippen molar-refractivity contribution < 1.29 is 12.8 Å². The molecule has 1 saturated carbocycles. The Morgan fingerprint density at radius 2 is 1.97 bits per heavy atom. The van der Waals surface area contributed by atoms with Crippen LogP contribution >= 0.6 is 11.3 Å². The number of benzene rings is 2. The Kier molecular flexibility index (Phi) is 7.74. The van der Waals surface area contributed by atoms with E-state index in [-0.39, 0.29) is 10.6 Å². The van der Waals surface area contributed by atoms with Gasteiger partial charge in [-0.15, -0.1) is 11.3 Å². The maximum absolute atomic E-state index is 14.8. The summed E-state index contributed by atoms with van der Waals surface area (Å²) in [5, 5.41) is 3.16. The van der Waals surface area contributed by atoms with Gasteiger partial charge in [-0.2, -0.15) is 0 Å². The summed E-state index contributed by atoms with van der Waals surface area (Å²) in [6.07, 6.45) is 9.15. The maximum Gasteiger partial charge on any atom is 0.261 e. The zero-order chi connectivity index (χ0) is 25.1. The monoisotopic (exact) mass is 527 g/mol. The van der Waals surface area contributed by atoms with Crippen LogP contribution in [0.25, 0.3) is 0 Å². The van der Waals surface area contributed by atoms with Gasteiger partial charge in [-0.05, 0) is 73.1 Å². The van der Waals surface area contributed by atoms with Gasteiger partial charge in [0, 0.05) is 24.2 Å². The third kappa shape index (κ3) is 6.15. The topological polar surface area (TPSA) is 62.3 Å². The smallest absolute Gasteiger partial charge is 0.261 e. The van der Waals surface area contributed by atoms with Crippen LogP contribution in [0.2, 0.25) is 0 Å². The Labute approximate surface area is 217 Å². The molecule has 0 unspecified atom stereocenters. The highest BCUT2D eigenvalue weighted by Gasteiger charge is 2.22. The molecule has 192 valence electrons. The van der Waals surface area contributed by atoms with Crippen LogP contribution in [-0.2, 0) is 36.0 Å². The number of aromatic nitrogens is 1. The molecule has 3 aromatic rings. The number of thiazole rings is 1. The lowest BCUT2D eigenvalue weighted by molar-refractivity contribution is 0.245. The van der Waals surface area contributed by atoms with Gasteiger partial charge in [-0.25, -0.2) is 17.8 Å². The van der Waals surface area contributed by atoms with E-state index in [0.29, 0.717) is 0 Å². The standard InChI is InChI=1S/C28H34FN3O2S2/c1-20-19-35-28(30-20)18-32-14-13-23-16-25(11-10-24(23)17-32)36(33,34)31-27-12-9-22(15-26(27)29)8-4-7-21-5-2-3-6-21/h9-12,15-16,19,21,31H,2-8,13-14,17-18H2,1H3. The zero-order valence-corrected chi connectivity index (χ0v) is 22.4. The van der Waals surface area contributed by atoms with Gasteiger partial charge >= 0.3 is 0 Å². The predicted octanol–water partition coefficient (Wildman–Crippen LogP) is 6.46. The van der Waals surface area contributed by atoms with Gasteiger partial charge in [0.2, 0.25) is 0 Å². The fourth-order valence-electron chi connectivity index (χ4n) is 5.45. The SMILES string of the molecule is Cc1csc(CN2CCc3cc(S(=O)(=O)Nc4ccc(CCCC5CCCC5)cc4F)ccc3C2)n1. The van der Waals surface area contributed by atoms with Crippen molar-refractivity contribution in [2.75, 3.05) is 11.3 Å². The minimum atomic E-state index is -3.88. The number of hydrogen-bond donors (Lipinski definition) is 1. The first-order valence-corrected chi connectivity index (χ1v) is 15.3. The van der Waals surface area contributed by atoms with E-state index in [1.807, 2.05) is 19.1 Å². The molecular weight excluding hydrogens is 493 g/mol. The molecule has 2 aliphatic rings. The summed E-state index contributed by atoms with van der Waals surface area (Å²) in [6.45, 7) is 4.41. The summed E-state index contributed by atoms with van der Waals surface area (Å²) in [5.74, 6) is 0.297. The highest BCUT2D eigenvalue weighted by Crippen LogP contribution is 2.30. The van der Waals surface area contributed by atoms with Gasteiger partial charge in [0.05, 0.1) is 17.1 Å². The normalized spacial score (nSPS) is 16.8. The second kappa shape index (κ2) is 11.0. The quantitative estimate of drug-likeness (QED) is 0.347. The summed E-state index contributed by atoms with van der Waals surface area (Å²) in [7, 11) is -3.88. The molecule has 5 nitrogen and oxygen atoms in total. The molecule has 1 aliphatic heterocycles. The van der Waals surface area contributed by atoms with E-state index in [2.05, 4.69) is 20.0 Å². The zero-order valence-electron chi connectivity index (χ0n) is 20.8. The molecule has 1 aliphatic carbocycles. The number of fused-ring (bicyclic) bond motifs is 1. The third-order valence-corrected chi connectivity index (χ3v) is 9.75. The van der Waals surface area contributed by atoms with E-state index in [4.69, 9.17) is 0 Å². The molecule has 36 heavy (non-hydrogen) atoms. The van der Waals surface area contributed by atoms with Crippen LogP contribution in [0, 0.1) is 18.7 Å². The van der Waals surface area contributed by atoms with Gasteiger partial charge in [0.15, 0.2) is 0 Å². The van der Waals surface area contributed by atoms with E-state index in [0.717, 1.165) is 72.2 Å². The molecular formula is C28H34FN3O2S2. The number of aryl methyl sites for hydroxylation is 2. The molecule has 0 spiro atoms. The van der Waals surface area contributed by atoms with Crippen molar-refractivity contribution >= 4 is 27.0 Å². The minimum absolute atomic E-state index is 0.00261. The summed E-state index contributed by atoms with van der Waals surface area (Å²) >= 11 is 1.67. The Morgan fingerprint density at radius 1 is 1.14 bits per heavy atom. The number of halogens is 1. The Bertz CT molecular complexity index is 1320. The first-order valence-electron chi connectivity index (χ1n) is 12.9. The first kappa shape index (κ1) is 25.4. The summed E-state index contributed by atoms with van der Waals surface area (Å²) < 4.78 is 43.4. The molecule has 0 radical (unpaired) electrons. The van der Waals surface area contributed by atoms with Crippen LogP contribution in [0.3, 0.4) is 0 Å². The second-order valence-electron chi connectivity index (χ2n) is 10.2. The number of sulfonamides is 1. The van der Waals surface area contributed by atoms with Crippen molar-refractivity contribution in [1.82, 2.24) is 9.88 Å². The maximum atomic E-state index is 14.8. The minimum Gasteiger partial charge on any atom is -0.292 e. The number of nitrogens with one attached hydrogen (secondary N) is 1. The summed E-state index contributed by atoms with van der Waals surface area (Å²) in [4.78, 5) is 7.05. The molecule has 2 aromatic carbocycles. The molecule has 1 fully saturated rings. The van der Waals surface area contributed by atoms with Crippen LogP contribution in [0.15, 0.2) is 46.7 Å². The third-order valence-electron chi connectivity index (χ3n) is 7.44. The van der Waals surface area contributed by atoms with E-state index in [1.54, 1.807) is 29.5 Å². The van der Waals surface area contributed by atoms with Crippen molar-refractivity contribution in [2.45, 2.75) is 76.3 Å². The average Bonchev–Trinajstić information content (AvgIpc) is 3.52. The number of anilines is 1. The number of rotatable bonds is 9. The molecule has 2 heterocycles. The number of nitrogens with zero attached hydrogens (tertiary/aromatic N) is 2. The van der Waals surface area contributed by atoms with Crippen LogP contribution in [0.4, 0.5) is 10.1 Å². The van der Waals surface area contributed by atoms with Gasteiger partial charge in [0.25, 0.3) is 10.0 Å².